The molecule has 0 unspecified atom stereocenters. The van der Waals surface area contributed by atoms with Crippen molar-refractivity contribution in [1.29, 1.82) is 0 Å². The highest BCUT2D eigenvalue weighted by molar-refractivity contribution is 6.04. The minimum Gasteiger partial charge on any atom is -0.322 e. The Morgan fingerprint density at radius 2 is 1.57 bits per heavy atom. The van der Waals surface area contributed by atoms with Crippen molar-refractivity contribution in [2.45, 2.75) is 19.3 Å². The molecule has 0 spiro atoms. The summed E-state index contributed by atoms with van der Waals surface area (Å²) in [5, 5.41) is 12.6. The lowest BCUT2D eigenvalue weighted by atomic mass is 10.0. The number of tetrazole rings is 1. The molecule has 0 aliphatic heterocycles. The maximum absolute atomic E-state index is 14.1. The van der Waals surface area contributed by atoms with Crippen LogP contribution in [0.25, 0.3) is 5.69 Å². The van der Waals surface area contributed by atoms with Gasteiger partial charge in [0.1, 0.15) is 11.5 Å². The lowest BCUT2D eigenvalue weighted by Crippen LogP contribution is -2.17. The van der Waals surface area contributed by atoms with Crippen LogP contribution in [0.1, 0.15) is 27.3 Å². The molecule has 0 aliphatic rings. The maximum Gasteiger partial charge on any atom is 0.416 e. The highest BCUT2D eigenvalue weighted by Gasteiger charge is 2.37. The number of carbonyl (C=O) groups is 1. The van der Waals surface area contributed by atoms with E-state index in [-0.39, 0.29) is 23.3 Å². The molecule has 0 radical (unpaired) electrons. The van der Waals surface area contributed by atoms with Gasteiger partial charge < -0.3 is 5.32 Å². The van der Waals surface area contributed by atoms with Crippen molar-refractivity contribution in [2.75, 3.05) is 5.32 Å². The predicted octanol–water partition coefficient (Wildman–Crippen LogP) is 4.40. The van der Waals surface area contributed by atoms with Crippen molar-refractivity contribution in [1.82, 2.24) is 20.2 Å². The number of hydrogen-bond donors (Lipinski definition) is 1. The summed E-state index contributed by atoms with van der Waals surface area (Å²) in [4.78, 5) is 12.3. The zero-order valence-corrected chi connectivity index (χ0v) is 14.8. The molecular weight excluding hydrogens is 423 g/mol. The second-order valence-corrected chi connectivity index (χ2v) is 6.05. The Morgan fingerprint density at radius 1 is 0.967 bits per heavy atom. The van der Waals surface area contributed by atoms with E-state index < -0.39 is 40.8 Å². The van der Waals surface area contributed by atoms with Gasteiger partial charge in [-0.3, -0.25) is 4.79 Å². The van der Waals surface area contributed by atoms with Crippen LogP contribution >= 0.6 is 0 Å². The molecule has 158 valence electrons. The number of aryl methyl sites for hydroxylation is 1. The van der Waals surface area contributed by atoms with Crippen LogP contribution in [0.5, 0.6) is 0 Å². The van der Waals surface area contributed by atoms with Gasteiger partial charge in [0.05, 0.1) is 11.1 Å². The van der Waals surface area contributed by atoms with Gasteiger partial charge >= 0.3 is 12.4 Å². The SMILES string of the molecule is Cc1nnnn1-c1cc(NC(=O)c2cc(C(F)(F)F)cc(C(F)(F)F)c2)ccc1F. The minimum absolute atomic E-state index is 0.0900. The third-order valence-electron chi connectivity index (χ3n) is 3.91. The monoisotopic (exact) mass is 433 g/mol. The quantitative estimate of drug-likeness (QED) is 0.622. The van der Waals surface area contributed by atoms with Crippen LogP contribution in [0.4, 0.5) is 36.4 Å². The van der Waals surface area contributed by atoms with E-state index in [0.717, 1.165) is 22.9 Å². The van der Waals surface area contributed by atoms with Crippen molar-refractivity contribution in [3.05, 3.63) is 64.7 Å². The molecule has 3 aromatic rings. The smallest absolute Gasteiger partial charge is 0.322 e. The average Bonchev–Trinajstić information content (AvgIpc) is 3.07. The van der Waals surface area contributed by atoms with Crippen LogP contribution in [-0.2, 0) is 12.4 Å². The molecule has 0 aliphatic carbocycles. The Bertz CT molecular complexity index is 1070. The molecule has 6 nitrogen and oxygen atoms in total. The van der Waals surface area contributed by atoms with Gasteiger partial charge in [0.2, 0.25) is 0 Å². The molecule has 0 fully saturated rings. The van der Waals surface area contributed by atoms with Gasteiger partial charge in [-0.1, -0.05) is 0 Å². The molecule has 1 heterocycles. The van der Waals surface area contributed by atoms with E-state index in [0.29, 0.717) is 12.1 Å². The molecule has 1 N–H and O–H groups in total. The zero-order chi connectivity index (χ0) is 22.3. The van der Waals surface area contributed by atoms with E-state index in [1.54, 1.807) is 0 Å². The van der Waals surface area contributed by atoms with E-state index in [1.165, 1.54) is 6.92 Å². The van der Waals surface area contributed by atoms with E-state index >= 15 is 0 Å². The molecule has 0 saturated carbocycles. The van der Waals surface area contributed by atoms with Crippen molar-refractivity contribution in [3.8, 4) is 5.69 Å². The minimum atomic E-state index is -5.10. The molecule has 0 bridgehead atoms. The summed E-state index contributed by atoms with van der Waals surface area (Å²) >= 11 is 0. The Kier molecular flexibility index (Phi) is 5.22. The maximum atomic E-state index is 14.1. The average molecular weight is 433 g/mol. The van der Waals surface area contributed by atoms with Crippen molar-refractivity contribution in [3.63, 3.8) is 0 Å². The number of carbonyl (C=O) groups excluding carboxylic acids is 1. The van der Waals surface area contributed by atoms with Gasteiger partial charge in [0, 0.05) is 11.3 Å². The number of nitrogens with zero attached hydrogens (tertiary/aromatic N) is 4. The van der Waals surface area contributed by atoms with Gasteiger partial charge in [0.25, 0.3) is 5.91 Å². The Hall–Kier alpha value is -3.51. The Balaban J connectivity index is 1.98. The Labute approximate surface area is 163 Å². The van der Waals surface area contributed by atoms with Gasteiger partial charge in [-0.25, -0.2) is 4.39 Å². The van der Waals surface area contributed by atoms with Gasteiger partial charge in [-0.2, -0.15) is 31.0 Å². The largest absolute Gasteiger partial charge is 0.416 e. The van der Waals surface area contributed by atoms with Crippen molar-refractivity contribution < 1.29 is 35.5 Å². The molecule has 2 aromatic carbocycles. The number of amides is 1. The van der Waals surface area contributed by atoms with Gasteiger partial charge in [0.15, 0.2) is 5.82 Å². The van der Waals surface area contributed by atoms with Crippen LogP contribution in [-0.4, -0.2) is 26.1 Å². The van der Waals surface area contributed by atoms with E-state index in [2.05, 4.69) is 20.8 Å². The fraction of sp³-hybridized carbons (Fsp3) is 0.176. The predicted molar refractivity (Wildman–Crippen MR) is 88.2 cm³/mol. The number of aromatic nitrogens is 4. The van der Waals surface area contributed by atoms with E-state index in [9.17, 15) is 35.5 Å². The van der Waals surface area contributed by atoms with Crippen LogP contribution in [0.2, 0.25) is 0 Å². The van der Waals surface area contributed by atoms with Gasteiger partial charge in [-0.05, 0) is 53.7 Å². The molecule has 0 saturated heterocycles. The lowest BCUT2D eigenvalue weighted by Gasteiger charge is -2.14. The molecule has 1 amide bonds. The number of benzene rings is 2. The second-order valence-electron chi connectivity index (χ2n) is 6.05. The fourth-order valence-electron chi connectivity index (χ4n) is 2.50. The third kappa shape index (κ3) is 4.39. The number of rotatable bonds is 3. The highest BCUT2D eigenvalue weighted by Crippen LogP contribution is 2.36. The third-order valence-corrected chi connectivity index (χ3v) is 3.91. The first-order valence-corrected chi connectivity index (χ1v) is 8.02. The standard InChI is InChI=1S/C17H10F7N5O/c1-8-26-27-28-29(8)14-7-12(2-3-13(14)18)25-15(30)9-4-10(16(19,20)21)6-11(5-9)17(22,23)24/h2-7H,1H3,(H,25,30). The normalized spacial score (nSPS) is 12.1. The fourth-order valence-corrected chi connectivity index (χ4v) is 2.50. The number of halogens is 7. The van der Waals surface area contributed by atoms with Crippen molar-refractivity contribution in [2.24, 2.45) is 0 Å². The highest BCUT2D eigenvalue weighted by atomic mass is 19.4. The number of nitrogens with one attached hydrogen (secondary N) is 1. The summed E-state index contributed by atoms with van der Waals surface area (Å²) in [6.07, 6.45) is -10.2. The molecular formula is C17H10F7N5O. The van der Waals surface area contributed by atoms with Crippen LogP contribution in [0, 0.1) is 12.7 Å². The summed E-state index contributed by atoms with van der Waals surface area (Å²) in [6.45, 7) is 1.46. The van der Waals surface area contributed by atoms with Crippen molar-refractivity contribution >= 4 is 11.6 Å². The van der Waals surface area contributed by atoms with Crippen LogP contribution < -0.4 is 5.32 Å². The molecule has 0 atom stereocenters. The van der Waals surface area contributed by atoms with E-state index in [4.69, 9.17) is 0 Å². The topological polar surface area (TPSA) is 72.7 Å². The number of hydrogen-bond acceptors (Lipinski definition) is 4. The summed E-state index contributed by atoms with van der Waals surface area (Å²) in [6, 6.07) is 3.58. The number of anilines is 1. The summed E-state index contributed by atoms with van der Waals surface area (Å²) in [5.74, 6) is -1.83. The molecule has 30 heavy (non-hydrogen) atoms. The van der Waals surface area contributed by atoms with Crippen LogP contribution in [0.15, 0.2) is 36.4 Å². The summed E-state index contributed by atoms with van der Waals surface area (Å²) < 4.78 is 92.8. The molecule has 1 aromatic heterocycles. The summed E-state index contributed by atoms with van der Waals surface area (Å²) in [7, 11) is 0. The van der Waals surface area contributed by atoms with Gasteiger partial charge in [-0.15, -0.1) is 5.10 Å². The lowest BCUT2D eigenvalue weighted by molar-refractivity contribution is -0.143. The first-order chi connectivity index (χ1) is 13.9. The zero-order valence-electron chi connectivity index (χ0n) is 14.8. The van der Waals surface area contributed by atoms with Crippen LogP contribution in [0.3, 0.4) is 0 Å². The Morgan fingerprint density at radius 3 is 2.07 bits per heavy atom. The summed E-state index contributed by atoms with van der Waals surface area (Å²) in [5.41, 5.74) is -4.42. The molecule has 13 heteroatoms. The first kappa shape index (κ1) is 21.2. The molecule has 3 rings (SSSR count). The second kappa shape index (κ2) is 7.39. The van der Waals surface area contributed by atoms with E-state index in [1.807, 2.05) is 0 Å². The number of alkyl halides is 6. The first-order valence-electron chi connectivity index (χ1n) is 8.02.